The highest BCUT2D eigenvalue weighted by atomic mass is 31.2. The first-order chi connectivity index (χ1) is 6.02. The van der Waals surface area contributed by atoms with Gasteiger partial charge in [0.15, 0.2) is 0 Å². The molecule has 0 amide bonds. The fourth-order valence-electron chi connectivity index (χ4n) is 0.542. The summed E-state index contributed by atoms with van der Waals surface area (Å²) in [5, 5.41) is 0. The molecule has 0 spiro atoms. The minimum atomic E-state index is -4.61. The van der Waals surface area contributed by atoms with Crippen molar-refractivity contribution in [1.82, 2.24) is 0 Å². The number of ether oxygens (including phenoxy) is 1. The standard InChI is InChI=1S/C7H15O6P.2CH4/c1-5(13-14(9,10)11)12-6(8)7(2,3)4;;/h5H,1-4H3,(H2,9,10,11);2*1H4. The van der Waals surface area contributed by atoms with Gasteiger partial charge in [0.2, 0.25) is 6.29 Å². The van der Waals surface area contributed by atoms with Crippen LogP contribution in [-0.4, -0.2) is 22.0 Å². The van der Waals surface area contributed by atoms with Crippen LogP contribution >= 0.6 is 7.82 Å². The van der Waals surface area contributed by atoms with Crippen LogP contribution in [0.2, 0.25) is 0 Å². The molecule has 0 bridgehead atoms. The summed E-state index contributed by atoms with van der Waals surface area (Å²) < 4.78 is 19.1. The van der Waals surface area contributed by atoms with E-state index in [-0.39, 0.29) is 14.9 Å². The van der Waals surface area contributed by atoms with Crippen molar-refractivity contribution < 1.29 is 28.4 Å². The van der Waals surface area contributed by atoms with Crippen LogP contribution in [0.3, 0.4) is 0 Å². The lowest BCUT2D eigenvalue weighted by Gasteiger charge is -2.20. The maximum absolute atomic E-state index is 11.2. The number of hydrogen-bond acceptors (Lipinski definition) is 4. The number of carbonyl (C=O) groups excluding carboxylic acids is 1. The van der Waals surface area contributed by atoms with Gasteiger partial charge in [-0.2, -0.15) is 0 Å². The minimum absolute atomic E-state index is 0. The van der Waals surface area contributed by atoms with Gasteiger partial charge < -0.3 is 14.5 Å². The fourth-order valence-corrected chi connectivity index (χ4v) is 0.972. The van der Waals surface area contributed by atoms with Gasteiger partial charge in [0.05, 0.1) is 5.41 Å². The number of phosphoric ester groups is 1. The van der Waals surface area contributed by atoms with Crippen molar-refractivity contribution in [2.45, 2.75) is 48.8 Å². The average molecular weight is 258 g/mol. The van der Waals surface area contributed by atoms with Crippen LogP contribution in [0.15, 0.2) is 0 Å². The van der Waals surface area contributed by atoms with Crippen molar-refractivity contribution >= 4 is 13.8 Å². The lowest BCUT2D eigenvalue weighted by Crippen LogP contribution is -2.27. The molecule has 0 aliphatic heterocycles. The van der Waals surface area contributed by atoms with Gasteiger partial charge in [-0.15, -0.1) is 0 Å². The second kappa shape index (κ2) is 7.01. The molecule has 100 valence electrons. The van der Waals surface area contributed by atoms with E-state index in [4.69, 9.17) is 9.79 Å². The summed E-state index contributed by atoms with van der Waals surface area (Å²) in [4.78, 5) is 28.0. The van der Waals surface area contributed by atoms with E-state index in [9.17, 15) is 9.36 Å². The quantitative estimate of drug-likeness (QED) is 0.458. The normalized spacial score (nSPS) is 13.1. The van der Waals surface area contributed by atoms with Crippen LogP contribution < -0.4 is 0 Å². The van der Waals surface area contributed by atoms with Crippen LogP contribution in [0.5, 0.6) is 0 Å². The molecule has 1 unspecified atom stereocenters. The van der Waals surface area contributed by atoms with E-state index in [0.29, 0.717) is 0 Å². The number of phosphoric acid groups is 1. The summed E-state index contributed by atoms with van der Waals surface area (Å²) in [6.45, 7) is 6.11. The molecule has 0 saturated carbocycles. The van der Waals surface area contributed by atoms with Gasteiger partial charge in [-0.05, 0) is 27.7 Å². The number of rotatable bonds is 3. The van der Waals surface area contributed by atoms with Crippen molar-refractivity contribution in [3.05, 3.63) is 0 Å². The van der Waals surface area contributed by atoms with Gasteiger partial charge in [0, 0.05) is 0 Å². The van der Waals surface area contributed by atoms with Crippen molar-refractivity contribution in [2.24, 2.45) is 5.41 Å². The Morgan fingerprint density at radius 2 is 1.62 bits per heavy atom. The number of carbonyl (C=O) groups is 1. The molecule has 0 aromatic carbocycles. The van der Waals surface area contributed by atoms with Crippen molar-refractivity contribution in [3.8, 4) is 0 Å². The zero-order valence-corrected chi connectivity index (χ0v) is 9.45. The first-order valence-corrected chi connectivity index (χ1v) is 5.50. The molecule has 2 N–H and O–H groups in total. The molecule has 0 aliphatic carbocycles. The predicted molar refractivity (Wildman–Crippen MR) is 61.6 cm³/mol. The van der Waals surface area contributed by atoms with Crippen LogP contribution in [0.1, 0.15) is 42.5 Å². The molecular weight excluding hydrogens is 235 g/mol. The SMILES string of the molecule is C.C.CC(OC(=O)C(C)(C)C)OP(=O)(O)O. The highest BCUT2D eigenvalue weighted by Gasteiger charge is 2.28. The third kappa shape index (κ3) is 10.1. The van der Waals surface area contributed by atoms with Gasteiger partial charge >= 0.3 is 13.8 Å². The molecule has 0 aromatic rings. The first kappa shape index (κ1) is 20.9. The molecule has 0 fully saturated rings. The van der Waals surface area contributed by atoms with E-state index in [0.717, 1.165) is 0 Å². The molecule has 16 heavy (non-hydrogen) atoms. The van der Waals surface area contributed by atoms with E-state index in [1.54, 1.807) is 20.8 Å². The number of hydrogen-bond donors (Lipinski definition) is 2. The van der Waals surface area contributed by atoms with Crippen LogP contribution in [-0.2, 0) is 18.6 Å². The predicted octanol–water partition coefficient (Wildman–Crippen LogP) is 2.30. The van der Waals surface area contributed by atoms with Gasteiger partial charge in [0.25, 0.3) is 0 Å². The van der Waals surface area contributed by atoms with Crippen molar-refractivity contribution in [2.75, 3.05) is 0 Å². The number of esters is 1. The minimum Gasteiger partial charge on any atom is -0.435 e. The molecule has 6 nitrogen and oxygen atoms in total. The first-order valence-electron chi connectivity index (χ1n) is 3.97. The largest absolute Gasteiger partial charge is 0.472 e. The topological polar surface area (TPSA) is 93.1 Å². The molecular formula is C9H23O6P. The molecule has 0 rings (SSSR count). The highest BCUT2D eigenvalue weighted by Crippen LogP contribution is 2.38. The zero-order valence-electron chi connectivity index (χ0n) is 8.55. The molecule has 0 aromatic heterocycles. The molecule has 0 aliphatic rings. The Kier molecular flexibility index (Phi) is 9.17. The maximum Gasteiger partial charge on any atom is 0.472 e. The zero-order chi connectivity index (χ0) is 11.6. The average Bonchev–Trinajstić information content (AvgIpc) is 1.79. The smallest absolute Gasteiger partial charge is 0.435 e. The fraction of sp³-hybridized carbons (Fsp3) is 0.889. The summed E-state index contributed by atoms with van der Waals surface area (Å²) in [6.07, 6.45) is -1.26. The molecule has 0 heterocycles. The second-order valence-electron chi connectivity index (χ2n) is 3.82. The van der Waals surface area contributed by atoms with Gasteiger partial charge in [-0.1, -0.05) is 14.9 Å². The summed E-state index contributed by atoms with van der Waals surface area (Å²) in [6, 6.07) is 0. The Balaban J connectivity index is -0.000000845. The van der Waals surface area contributed by atoms with Crippen molar-refractivity contribution in [1.29, 1.82) is 0 Å². The lowest BCUT2D eigenvalue weighted by molar-refractivity contribution is -0.172. The Morgan fingerprint density at radius 1 is 1.25 bits per heavy atom. The van der Waals surface area contributed by atoms with E-state index < -0.39 is 25.5 Å². The van der Waals surface area contributed by atoms with E-state index in [1.807, 2.05) is 0 Å². The van der Waals surface area contributed by atoms with E-state index in [1.165, 1.54) is 6.92 Å². The molecule has 0 saturated heterocycles. The lowest BCUT2D eigenvalue weighted by atomic mass is 9.97. The summed E-state index contributed by atoms with van der Waals surface area (Å²) >= 11 is 0. The summed E-state index contributed by atoms with van der Waals surface area (Å²) in [7, 11) is -4.61. The van der Waals surface area contributed by atoms with Crippen molar-refractivity contribution in [3.63, 3.8) is 0 Å². The Morgan fingerprint density at radius 3 is 1.88 bits per heavy atom. The highest BCUT2D eigenvalue weighted by molar-refractivity contribution is 7.46. The van der Waals surface area contributed by atoms with Crippen LogP contribution in [0, 0.1) is 5.41 Å². The van der Waals surface area contributed by atoms with Crippen LogP contribution in [0.4, 0.5) is 0 Å². The van der Waals surface area contributed by atoms with Gasteiger partial charge in [-0.3, -0.25) is 4.79 Å². The molecule has 7 heteroatoms. The molecule has 1 atom stereocenters. The van der Waals surface area contributed by atoms with Gasteiger partial charge in [0.1, 0.15) is 0 Å². The summed E-state index contributed by atoms with van der Waals surface area (Å²) in [5.41, 5.74) is -0.730. The van der Waals surface area contributed by atoms with E-state index in [2.05, 4.69) is 9.26 Å². The third-order valence-corrected chi connectivity index (χ3v) is 1.74. The third-order valence-electron chi connectivity index (χ3n) is 1.17. The maximum atomic E-state index is 11.2. The monoisotopic (exact) mass is 258 g/mol. The van der Waals surface area contributed by atoms with Gasteiger partial charge in [-0.25, -0.2) is 9.09 Å². The Hall–Kier alpha value is -0.420. The Bertz CT molecular complexity index is 251. The molecule has 0 radical (unpaired) electrons. The van der Waals surface area contributed by atoms with Crippen LogP contribution in [0.25, 0.3) is 0 Å². The van der Waals surface area contributed by atoms with E-state index >= 15 is 0 Å². The summed E-state index contributed by atoms with van der Waals surface area (Å²) in [5.74, 6) is -0.585. The second-order valence-corrected chi connectivity index (χ2v) is 5.01. The Labute approximate surface area is 97.2 Å².